The number of hydrogen-bond donors (Lipinski definition) is 1. The molecule has 0 unspecified atom stereocenters. The van der Waals surface area contributed by atoms with Crippen molar-refractivity contribution in [1.29, 1.82) is 0 Å². The fourth-order valence-electron chi connectivity index (χ4n) is 2.14. The van der Waals surface area contributed by atoms with Gasteiger partial charge in [0.15, 0.2) is 0 Å². The number of likely N-dealkylation sites (N-methyl/N-ethyl adjacent to an activating group) is 1. The summed E-state index contributed by atoms with van der Waals surface area (Å²) in [4.78, 5) is 4.49. The largest absolute Gasteiger partial charge is 0.379 e. The van der Waals surface area contributed by atoms with Gasteiger partial charge in [-0.05, 0) is 45.6 Å². The topological polar surface area (TPSA) is 27.7 Å². The minimum absolute atomic E-state index is 0.769. The molecule has 1 N–H and O–H groups in total. The average Bonchev–Trinajstić information content (AvgIpc) is 2.48. The van der Waals surface area contributed by atoms with Crippen LogP contribution >= 0.6 is 0 Å². The molecule has 4 heteroatoms. The summed E-state index contributed by atoms with van der Waals surface area (Å²) in [6.07, 6.45) is 0. The molecule has 1 rings (SSSR count). The monoisotopic (exact) mass is 293 g/mol. The number of ether oxygens (including phenoxy) is 1. The van der Waals surface area contributed by atoms with Crippen molar-refractivity contribution in [2.45, 2.75) is 20.4 Å². The van der Waals surface area contributed by atoms with Crippen molar-refractivity contribution in [1.82, 2.24) is 10.2 Å². The molecule has 0 aliphatic rings. The van der Waals surface area contributed by atoms with E-state index in [1.165, 1.54) is 11.3 Å². The predicted molar refractivity (Wildman–Crippen MR) is 91.1 cm³/mol. The highest BCUT2D eigenvalue weighted by Gasteiger charge is 2.01. The smallest absolute Gasteiger partial charge is 0.0593 e. The fourth-order valence-corrected chi connectivity index (χ4v) is 2.14. The van der Waals surface area contributed by atoms with E-state index in [0.29, 0.717) is 0 Å². The minimum atomic E-state index is 0.769. The molecule has 1 aromatic carbocycles. The van der Waals surface area contributed by atoms with Crippen LogP contribution < -0.4 is 10.2 Å². The van der Waals surface area contributed by atoms with Gasteiger partial charge in [0.25, 0.3) is 0 Å². The van der Waals surface area contributed by atoms with Crippen molar-refractivity contribution in [2.24, 2.45) is 0 Å². The number of benzene rings is 1. The first-order valence-electron chi connectivity index (χ1n) is 7.94. The van der Waals surface area contributed by atoms with Gasteiger partial charge in [0.1, 0.15) is 0 Å². The molecule has 0 fully saturated rings. The minimum Gasteiger partial charge on any atom is -0.379 e. The van der Waals surface area contributed by atoms with E-state index in [0.717, 1.165) is 45.9 Å². The summed E-state index contributed by atoms with van der Waals surface area (Å²) in [7, 11) is 4.12. The summed E-state index contributed by atoms with van der Waals surface area (Å²) in [6.45, 7) is 10.8. The maximum atomic E-state index is 5.55. The number of nitrogens with zero attached hydrogens (tertiary/aromatic N) is 2. The van der Waals surface area contributed by atoms with Crippen molar-refractivity contribution in [3.63, 3.8) is 0 Å². The zero-order valence-electron chi connectivity index (χ0n) is 14.1. The second-order valence-electron chi connectivity index (χ2n) is 5.43. The van der Waals surface area contributed by atoms with Crippen LogP contribution in [0, 0.1) is 0 Å². The lowest BCUT2D eigenvalue weighted by Gasteiger charge is -2.21. The van der Waals surface area contributed by atoms with Gasteiger partial charge in [0, 0.05) is 38.4 Å². The van der Waals surface area contributed by atoms with E-state index < -0.39 is 0 Å². The molecule has 120 valence electrons. The summed E-state index contributed by atoms with van der Waals surface area (Å²) in [5, 5.41) is 3.41. The molecule has 0 spiro atoms. The summed E-state index contributed by atoms with van der Waals surface area (Å²) in [5.41, 5.74) is 2.62. The SMILES string of the molecule is CCN(CC)c1ccc(CNCCOCCN(C)C)cc1. The Morgan fingerprint density at radius 2 is 1.67 bits per heavy atom. The molecule has 0 bridgehead atoms. The first-order valence-corrected chi connectivity index (χ1v) is 7.94. The van der Waals surface area contributed by atoms with Gasteiger partial charge in [0.05, 0.1) is 13.2 Å². The number of nitrogens with one attached hydrogen (secondary N) is 1. The Labute approximate surface area is 130 Å². The molecule has 0 aromatic heterocycles. The second-order valence-corrected chi connectivity index (χ2v) is 5.43. The summed E-state index contributed by atoms with van der Waals surface area (Å²) in [5.74, 6) is 0. The molecule has 0 radical (unpaired) electrons. The molecule has 0 saturated carbocycles. The Morgan fingerprint density at radius 3 is 2.24 bits per heavy atom. The Morgan fingerprint density at radius 1 is 1.00 bits per heavy atom. The molecule has 0 amide bonds. The van der Waals surface area contributed by atoms with Crippen LogP contribution in [0.5, 0.6) is 0 Å². The number of anilines is 1. The maximum Gasteiger partial charge on any atom is 0.0593 e. The van der Waals surface area contributed by atoms with Crippen LogP contribution in [0.4, 0.5) is 5.69 Å². The van der Waals surface area contributed by atoms with Gasteiger partial charge in [0.2, 0.25) is 0 Å². The van der Waals surface area contributed by atoms with Crippen molar-refractivity contribution in [3.8, 4) is 0 Å². The third-order valence-corrected chi connectivity index (χ3v) is 3.50. The van der Waals surface area contributed by atoms with Crippen LogP contribution in [0.3, 0.4) is 0 Å². The average molecular weight is 293 g/mol. The highest BCUT2D eigenvalue weighted by molar-refractivity contribution is 5.47. The van der Waals surface area contributed by atoms with Gasteiger partial charge in [-0.3, -0.25) is 0 Å². The molecular weight excluding hydrogens is 262 g/mol. The van der Waals surface area contributed by atoms with E-state index in [9.17, 15) is 0 Å². The molecule has 1 aromatic rings. The van der Waals surface area contributed by atoms with E-state index >= 15 is 0 Å². The van der Waals surface area contributed by atoms with Gasteiger partial charge in [-0.2, -0.15) is 0 Å². The Hall–Kier alpha value is -1.10. The second kappa shape index (κ2) is 10.6. The lowest BCUT2D eigenvalue weighted by molar-refractivity contribution is 0.119. The van der Waals surface area contributed by atoms with Gasteiger partial charge in [-0.1, -0.05) is 12.1 Å². The molecule has 4 nitrogen and oxygen atoms in total. The third-order valence-electron chi connectivity index (χ3n) is 3.50. The van der Waals surface area contributed by atoms with E-state index in [2.05, 4.69) is 67.3 Å². The first kappa shape index (κ1) is 18.0. The summed E-state index contributed by atoms with van der Waals surface area (Å²) < 4.78 is 5.55. The van der Waals surface area contributed by atoms with Crippen LogP contribution in [0.2, 0.25) is 0 Å². The van der Waals surface area contributed by atoms with Crippen LogP contribution in [-0.2, 0) is 11.3 Å². The zero-order valence-corrected chi connectivity index (χ0v) is 14.1. The van der Waals surface area contributed by atoms with Gasteiger partial charge in [-0.15, -0.1) is 0 Å². The van der Waals surface area contributed by atoms with Crippen molar-refractivity contribution >= 4 is 5.69 Å². The van der Waals surface area contributed by atoms with Crippen LogP contribution in [0.1, 0.15) is 19.4 Å². The van der Waals surface area contributed by atoms with Crippen LogP contribution in [-0.4, -0.2) is 58.4 Å². The van der Waals surface area contributed by atoms with E-state index in [1.54, 1.807) is 0 Å². The summed E-state index contributed by atoms with van der Waals surface area (Å²) in [6, 6.07) is 8.82. The van der Waals surface area contributed by atoms with Gasteiger partial charge in [-0.25, -0.2) is 0 Å². The van der Waals surface area contributed by atoms with Crippen LogP contribution in [0.15, 0.2) is 24.3 Å². The molecule has 0 heterocycles. The lowest BCUT2D eigenvalue weighted by Crippen LogP contribution is -2.23. The zero-order chi connectivity index (χ0) is 15.5. The highest BCUT2D eigenvalue weighted by atomic mass is 16.5. The standard InChI is InChI=1S/C17H31N3O/c1-5-20(6-2)17-9-7-16(8-10-17)15-18-11-13-21-14-12-19(3)4/h7-10,18H,5-6,11-15H2,1-4H3. The fraction of sp³-hybridized carbons (Fsp3) is 0.647. The Kier molecular flexibility index (Phi) is 9.06. The molecule has 0 aliphatic heterocycles. The number of rotatable bonds is 11. The van der Waals surface area contributed by atoms with Gasteiger partial charge >= 0.3 is 0 Å². The Balaban J connectivity index is 2.18. The summed E-state index contributed by atoms with van der Waals surface area (Å²) >= 11 is 0. The lowest BCUT2D eigenvalue weighted by atomic mass is 10.2. The van der Waals surface area contributed by atoms with Gasteiger partial charge < -0.3 is 19.9 Å². The molecule has 0 aliphatic carbocycles. The maximum absolute atomic E-state index is 5.55. The molecule has 0 atom stereocenters. The van der Waals surface area contributed by atoms with E-state index in [-0.39, 0.29) is 0 Å². The van der Waals surface area contributed by atoms with Crippen molar-refractivity contribution < 1.29 is 4.74 Å². The van der Waals surface area contributed by atoms with Crippen molar-refractivity contribution in [3.05, 3.63) is 29.8 Å². The molecule has 21 heavy (non-hydrogen) atoms. The van der Waals surface area contributed by atoms with Crippen molar-refractivity contribution in [2.75, 3.05) is 58.4 Å². The molecular formula is C17H31N3O. The quantitative estimate of drug-likeness (QED) is 0.633. The van der Waals surface area contributed by atoms with Crippen LogP contribution in [0.25, 0.3) is 0 Å². The Bertz CT molecular complexity index is 361. The highest BCUT2D eigenvalue weighted by Crippen LogP contribution is 2.14. The van der Waals surface area contributed by atoms with E-state index in [1.807, 2.05) is 0 Å². The first-order chi connectivity index (χ1) is 10.2. The molecule has 0 saturated heterocycles. The number of hydrogen-bond acceptors (Lipinski definition) is 4. The predicted octanol–water partition coefficient (Wildman–Crippen LogP) is 2.20. The third kappa shape index (κ3) is 7.46. The van der Waals surface area contributed by atoms with E-state index in [4.69, 9.17) is 4.74 Å². The normalized spacial score (nSPS) is 11.1.